The van der Waals surface area contributed by atoms with Gasteiger partial charge in [0, 0.05) is 22.8 Å². The number of carbonyl (C=O) groups is 1. The molecule has 166 valence electrons. The van der Waals surface area contributed by atoms with Gasteiger partial charge in [0.2, 0.25) is 5.91 Å². The number of para-hydroxylation sites is 1. The molecule has 0 saturated carbocycles. The Balaban J connectivity index is 1.57. The number of halogens is 1. The van der Waals surface area contributed by atoms with E-state index < -0.39 is 0 Å². The SMILES string of the molecule is N#CCCN(C(=O)CSc1nnc(-c2ccc(Cl)cc2)n1Cc1ccco1)c1ccccc1. The van der Waals surface area contributed by atoms with Crippen LogP contribution in [-0.2, 0) is 11.3 Å². The van der Waals surface area contributed by atoms with Crippen LogP contribution in [0.2, 0.25) is 5.02 Å². The van der Waals surface area contributed by atoms with Crippen molar-refractivity contribution in [1.82, 2.24) is 14.8 Å². The van der Waals surface area contributed by atoms with E-state index in [-0.39, 0.29) is 18.1 Å². The van der Waals surface area contributed by atoms with Gasteiger partial charge in [0.15, 0.2) is 11.0 Å². The van der Waals surface area contributed by atoms with Crippen LogP contribution < -0.4 is 4.90 Å². The molecule has 0 spiro atoms. The Hall–Kier alpha value is -3.54. The fourth-order valence-corrected chi connectivity index (χ4v) is 4.22. The molecule has 0 aliphatic carbocycles. The average molecular weight is 478 g/mol. The number of furan rings is 1. The summed E-state index contributed by atoms with van der Waals surface area (Å²) in [6, 6.07) is 22.5. The molecule has 33 heavy (non-hydrogen) atoms. The molecule has 0 radical (unpaired) electrons. The number of aromatic nitrogens is 3. The number of hydrogen-bond donors (Lipinski definition) is 0. The van der Waals surface area contributed by atoms with Gasteiger partial charge in [-0.05, 0) is 48.5 Å². The molecule has 4 aromatic rings. The molecule has 0 atom stereocenters. The Morgan fingerprint density at radius 3 is 2.58 bits per heavy atom. The molecular weight excluding hydrogens is 458 g/mol. The lowest BCUT2D eigenvalue weighted by Gasteiger charge is -2.21. The van der Waals surface area contributed by atoms with Crippen LogP contribution in [0.25, 0.3) is 11.4 Å². The number of amides is 1. The van der Waals surface area contributed by atoms with Crippen LogP contribution in [0.4, 0.5) is 5.69 Å². The van der Waals surface area contributed by atoms with Gasteiger partial charge in [-0.1, -0.05) is 41.6 Å². The molecule has 2 aromatic heterocycles. The smallest absolute Gasteiger partial charge is 0.237 e. The van der Waals surface area contributed by atoms with Crippen LogP contribution >= 0.6 is 23.4 Å². The molecule has 0 aliphatic rings. The van der Waals surface area contributed by atoms with Gasteiger partial charge in [0.1, 0.15) is 5.76 Å². The Morgan fingerprint density at radius 1 is 1.09 bits per heavy atom. The lowest BCUT2D eigenvalue weighted by atomic mass is 10.2. The predicted molar refractivity (Wildman–Crippen MR) is 128 cm³/mol. The van der Waals surface area contributed by atoms with Gasteiger partial charge in [-0.3, -0.25) is 9.36 Å². The third-order valence-corrected chi connectivity index (χ3v) is 6.06. The molecule has 4 rings (SSSR count). The van der Waals surface area contributed by atoms with E-state index in [0.717, 1.165) is 17.0 Å². The number of benzene rings is 2. The highest BCUT2D eigenvalue weighted by atomic mass is 35.5. The molecule has 0 fully saturated rings. The van der Waals surface area contributed by atoms with Crippen molar-refractivity contribution in [3.63, 3.8) is 0 Å². The topological polar surface area (TPSA) is 88.0 Å². The fourth-order valence-electron chi connectivity index (χ4n) is 3.28. The number of anilines is 1. The Labute approximate surface area is 200 Å². The predicted octanol–water partition coefficient (Wildman–Crippen LogP) is 5.28. The number of thioether (sulfide) groups is 1. The van der Waals surface area contributed by atoms with Crippen LogP contribution in [-0.4, -0.2) is 33.0 Å². The van der Waals surface area contributed by atoms with E-state index in [0.29, 0.717) is 29.1 Å². The molecule has 0 unspecified atom stereocenters. The molecule has 0 saturated heterocycles. The van der Waals surface area contributed by atoms with Gasteiger partial charge in [-0.2, -0.15) is 5.26 Å². The Bertz CT molecular complexity index is 1230. The lowest BCUT2D eigenvalue weighted by molar-refractivity contribution is -0.116. The summed E-state index contributed by atoms with van der Waals surface area (Å²) in [6.45, 7) is 0.750. The van der Waals surface area contributed by atoms with E-state index in [1.807, 2.05) is 59.2 Å². The molecule has 9 heteroatoms. The fraction of sp³-hybridized carbons (Fsp3) is 0.167. The second-order valence-electron chi connectivity index (χ2n) is 7.06. The van der Waals surface area contributed by atoms with Crippen molar-refractivity contribution in [2.75, 3.05) is 17.2 Å². The zero-order valence-corrected chi connectivity index (χ0v) is 19.2. The van der Waals surface area contributed by atoms with E-state index in [1.54, 1.807) is 23.3 Å². The molecule has 1 amide bonds. The minimum absolute atomic E-state index is 0.109. The summed E-state index contributed by atoms with van der Waals surface area (Å²) in [7, 11) is 0. The maximum atomic E-state index is 13.1. The van der Waals surface area contributed by atoms with E-state index in [9.17, 15) is 4.79 Å². The van der Waals surface area contributed by atoms with Crippen molar-refractivity contribution in [1.29, 1.82) is 5.26 Å². The second-order valence-corrected chi connectivity index (χ2v) is 8.44. The van der Waals surface area contributed by atoms with Crippen LogP contribution in [0.5, 0.6) is 0 Å². The number of hydrogen-bond acceptors (Lipinski definition) is 6. The number of nitriles is 1. The summed E-state index contributed by atoms with van der Waals surface area (Å²) in [4.78, 5) is 14.7. The molecule has 0 bridgehead atoms. The van der Waals surface area contributed by atoms with Crippen molar-refractivity contribution in [2.24, 2.45) is 0 Å². The quantitative estimate of drug-likeness (QED) is 0.305. The van der Waals surface area contributed by atoms with Crippen LogP contribution in [0.1, 0.15) is 12.2 Å². The van der Waals surface area contributed by atoms with Crippen molar-refractivity contribution < 1.29 is 9.21 Å². The third-order valence-electron chi connectivity index (χ3n) is 4.85. The highest BCUT2D eigenvalue weighted by Gasteiger charge is 2.20. The van der Waals surface area contributed by atoms with Gasteiger partial charge in [0.05, 0.1) is 31.1 Å². The number of carbonyl (C=O) groups excluding carboxylic acids is 1. The monoisotopic (exact) mass is 477 g/mol. The van der Waals surface area contributed by atoms with Gasteiger partial charge in [0.25, 0.3) is 0 Å². The van der Waals surface area contributed by atoms with E-state index in [4.69, 9.17) is 21.3 Å². The molecule has 2 heterocycles. The van der Waals surface area contributed by atoms with E-state index >= 15 is 0 Å². The van der Waals surface area contributed by atoms with Crippen LogP contribution in [0.15, 0.2) is 82.6 Å². The summed E-state index contributed by atoms with van der Waals surface area (Å²) in [5.41, 5.74) is 1.62. The Morgan fingerprint density at radius 2 is 1.88 bits per heavy atom. The summed E-state index contributed by atoms with van der Waals surface area (Å²) in [5.74, 6) is 1.44. The van der Waals surface area contributed by atoms with Gasteiger partial charge in [-0.15, -0.1) is 10.2 Å². The molecule has 2 aromatic carbocycles. The molecule has 0 N–H and O–H groups in total. The summed E-state index contributed by atoms with van der Waals surface area (Å²) in [6.07, 6.45) is 1.87. The first-order chi connectivity index (χ1) is 16.2. The van der Waals surface area contributed by atoms with Crippen molar-refractivity contribution in [2.45, 2.75) is 18.1 Å². The minimum atomic E-state index is -0.109. The standard InChI is InChI=1S/C24H20ClN5O2S/c25-19-11-9-18(10-12-19)23-27-28-24(30(23)16-21-8-4-15-32-21)33-17-22(31)29(14-5-13-26)20-6-2-1-3-7-20/h1-4,6-12,15H,5,14,16-17H2. The molecule has 7 nitrogen and oxygen atoms in total. The van der Waals surface area contributed by atoms with Crippen molar-refractivity contribution in [3.8, 4) is 17.5 Å². The third kappa shape index (κ3) is 5.64. The summed E-state index contributed by atoms with van der Waals surface area (Å²) < 4.78 is 7.44. The molecule has 0 aliphatic heterocycles. The van der Waals surface area contributed by atoms with Crippen LogP contribution in [0, 0.1) is 11.3 Å². The Kier molecular flexibility index (Phi) is 7.45. The van der Waals surface area contributed by atoms with Crippen molar-refractivity contribution in [3.05, 3.63) is 83.8 Å². The second kappa shape index (κ2) is 10.9. The van der Waals surface area contributed by atoms with E-state index in [1.165, 1.54) is 11.8 Å². The highest BCUT2D eigenvalue weighted by Crippen LogP contribution is 2.27. The minimum Gasteiger partial charge on any atom is -0.467 e. The first-order valence-electron chi connectivity index (χ1n) is 10.2. The maximum Gasteiger partial charge on any atom is 0.237 e. The molecular formula is C24H20ClN5O2S. The summed E-state index contributed by atoms with van der Waals surface area (Å²) >= 11 is 7.34. The zero-order valence-electron chi connectivity index (χ0n) is 17.6. The largest absolute Gasteiger partial charge is 0.467 e. The van der Waals surface area contributed by atoms with Crippen LogP contribution in [0.3, 0.4) is 0 Å². The van der Waals surface area contributed by atoms with E-state index in [2.05, 4.69) is 16.3 Å². The van der Waals surface area contributed by atoms with Gasteiger partial charge >= 0.3 is 0 Å². The number of nitrogens with zero attached hydrogens (tertiary/aromatic N) is 5. The van der Waals surface area contributed by atoms with Gasteiger partial charge in [-0.25, -0.2) is 0 Å². The first-order valence-corrected chi connectivity index (χ1v) is 11.6. The first kappa shape index (κ1) is 22.6. The average Bonchev–Trinajstić information content (AvgIpc) is 3.50. The van der Waals surface area contributed by atoms with Crippen molar-refractivity contribution >= 4 is 35.0 Å². The zero-order chi connectivity index (χ0) is 23.0. The van der Waals surface area contributed by atoms with Gasteiger partial charge < -0.3 is 9.32 Å². The highest BCUT2D eigenvalue weighted by molar-refractivity contribution is 7.99. The lowest BCUT2D eigenvalue weighted by Crippen LogP contribution is -2.33. The summed E-state index contributed by atoms with van der Waals surface area (Å²) in [5, 5.41) is 18.9. The maximum absolute atomic E-state index is 13.1. The normalized spacial score (nSPS) is 10.7. The number of rotatable bonds is 9.